The zero-order valence-corrected chi connectivity index (χ0v) is 8.06. The standard InChI is InChI=1S/C12H14O2/c13-9-12-8-11(6-7-14-12)10-4-2-1-3-5-10/h1-5,9,11-12H,6-8H2. The highest BCUT2D eigenvalue weighted by Crippen LogP contribution is 2.28. The van der Waals surface area contributed by atoms with Crippen molar-refractivity contribution < 1.29 is 9.53 Å². The van der Waals surface area contributed by atoms with E-state index in [0.717, 1.165) is 19.1 Å². The van der Waals surface area contributed by atoms with Gasteiger partial charge >= 0.3 is 0 Å². The van der Waals surface area contributed by atoms with Crippen LogP contribution < -0.4 is 0 Å². The number of benzene rings is 1. The lowest BCUT2D eigenvalue weighted by molar-refractivity contribution is -0.121. The third kappa shape index (κ3) is 2.02. The average molecular weight is 190 g/mol. The van der Waals surface area contributed by atoms with Crippen LogP contribution in [0.3, 0.4) is 0 Å². The van der Waals surface area contributed by atoms with E-state index < -0.39 is 0 Å². The molecule has 0 radical (unpaired) electrons. The van der Waals surface area contributed by atoms with Gasteiger partial charge in [-0.3, -0.25) is 0 Å². The highest BCUT2D eigenvalue weighted by atomic mass is 16.5. The van der Waals surface area contributed by atoms with Crippen LogP contribution in [0.2, 0.25) is 0 Å². The number of hydrogen-bond acceptors (Lipinski definition) is 2. The Balaban J connectivity index is 2.08. The lowest BCUT2D eigenvalue weighted by Gasteiger charge is -2.26. The van der Waals surface area contributed by atoms with Gasteiger partial charge in [-0.15, -0.1) is 0 Å². The van der Waals surface area contributed by atoms with E-state index in [4.69, 9.17) is 4.74 Å². The Bertz CT molecular complexity index is 294. The van der Waals surface area contributed by atoms with E-state index in [-0.39, 0.29) is 6.10 Å². The minimum Gasteiger partial charge on any atom is -0.371 e. The number of carbonyl (C=O) groups is 1. The van der Waals surface area contributed by atoms with Crippen LogP contribution in [0.25, 0.3) is 0 Å². The van der Waals surface area contributed by atoms with E-state index >= 15 is 0 Å². The molecule has 14 heavy (non-hydrogen) atoms. The number of aldehydes is 1. The molecule has 2 nitrogen and oxygen atoms in total. The van der Waals surface area contributed by atoms with Crippen molar-refractivity contribution in [3.8, 4) is 0 Å². The molecule has 1 heterocycles. The first-order valence-electron chi connectivity index (χ1n) is 5.02. The highest BCUT2D eigenvalue weighted by Gasteiger charge is 2.22. The van der Waals surface area contributed by atoms with Gasteiger partial charge < -0.3 is 9.53 Å². The van der Waals surface area contributed by atoms with E-state index in [1.807, 2.05) is 18.2 Å². The summed E-state index contributed by atoms with van der Waals surface area (Å²) in [6, 6.07) is 10.3. The van der Waals surface area contributed by atoms with Crippen LogP contribution in [0.15, 0.2) is 30.3 Å². The van der Waals surface area contributed by atoms with Gasteiger partial charge in [-0.2, -0.15) is 0 Å². The first kappa shape index (κ1) is 9.41. The Morgan fingerprint density at radius 1 is 1.29 bits per heavy atom. The number of hydrogen-bond donors (Lipinski definition) is 0. The number of rotatable bonds is 2. The van der Waals surface area contributed by atoms with Crippen LogP contribution in [-0.2, 0) is 9.53 Å². The molecule has 1 saturated heterocycles. The van der Waals surface area contributed by atoms with Gasteiger partial charge in [-0.05, 0) is 24.3 Å². The summed E-state index contributed by atoms with van der Waals surface area (Å²) in [6.07, 6.45) is 2.56. The molecule has 1 aromatic carbocycles. The maximum atomic E-state index is 10.6. The summed E-state index contributed by atoms with van der Waals surface area (Å²) < 4.78 is 5.31. The maximum Gasteiger partial charge on any atom is 0.148 e. The molecule has 0 bridgehead atoms. The molecule has 2 atom stereocenters. The van der Waals surface area contributed by atoms with Crippen molar-refractivity contribution >= 4 is 6.29 Å². The lowest BCUT2D eigenvalue weighted by atomic mass is 9.89. The molecule has 2 heteroatoms. The fraction of sp³-hybridized carbons (Fsp3) is 0.417. The molecule has 0 aliphatic carbocycles. The Hall–Kier alpha value is -1.15. The molecule has 0 spiro atoms. The van der Waals surface area contributed by atoms with Gasteiger partial charge in [0, 0.05) is 6.61 Å². The van der Waals surface area contributed by atoms with Crippen LogP contribution in [0.1, 0.15) is 24.3 Å². The quantitative estimate of drug-likeness (QED) is 0.668. The van der Waals surface area contributed by atoms with Gasteiger partial charge in [0.2, 0.25) is 0 Å². The van der Waals surface area contributed by atoms with Crippen molar-refractivity contribution in [3.05, 3.63) is 35.9 Å². The van der Waals surface area contributed by atoms with Crippen molar-refractivity contribution in [2.75, 3.05) is 6.61 Å². The first-order chi connectivity index (χ1) is 6.90. The molecule has 1 aromatic rings. The molecular weight excluding hydrogens is 176 g/mol. The molecule has 1 fully saturated rings. The smallest absolute Gasteiger partial charge is 0.148 e. The normalized spacial score (nSPS) is 27.1. The molecule has 0 saturated carbocycles. The fourth-order valence-corrected chi connectivity index (χ4v) is 1.95. The predicted octanol–water partition coefficient (Wildman–Crippen LogP) is 2.15. The summed E-state index contributed by atoms with van der Waals surface area (Å²) in [4.78, 5) is 10.6. The zero-order chi connectivity index (χ0) is 9.80. The number of carbonyl (C=O) groups excluding carboxylic acids is 1. The van der Waals surface area contributed by atoms with Crippen molar-refractivity contribution in [1.82, 2.24) is 0 Å². The molecular formula is C12H14O2. The maximum absolute atomic E-state index is 10.6. The summed E-state index contributed by atoms with van der Waals surface area (Å²) in [5.74, 6) is 0.486. The molecule has 1 aliphatic heterocycles. The Morgan fingerprint density at radius 3 is 2.79 bits per heavy atom. The Labute approximate surface area is 83.9 Å². The second kappa shape index (κ2) is 4.38. The summed E-state index contributed by atoms with van der Waals surface area (Å²) in [5, 5.41) is 0. The molecule has 2 unspecified atom stereocenters. The Kier molecular flexibility index (Phi) is 2.94. The van der Waals surface area contributed by atoms with Crippen molar-refractivity contribution in [2.24, 2.45) is 0 Å². The molecule has 74 valence electrons. The van der Waals surface area contributed by atoms with Crippen LogP contribution in [0, 0.1) is 0 Å². The third-order valence-electron chi connectivity index (χ3n) is 2.74. The fourth-order valence-electron chi connectivity index (χ4n) is 1.95. The molecule has 0 N–H and O–H groups in total. The lowest BCUT2D eigenvalue weighted by Crippen LogP contribution is -2.25. The second-order valence-electron chi connectivity index (χ2n) is 3.68. The van der Waals surface area contributed by atoms with Crippen molar-refractivity contribution in [3.63, 3.8) is 0 Å². The van der Waals surface area contributed by atoms with Crippen molar-refractivity contribution in [1.29, 1.82) is 0 Å². The van der Waals surface area contributed by atoms with Gasteiger partial charge in [-0.1, -0.05) is 30.3 Å². The van der Waals surface area contributed by atoms with Crippen molar-refractivity contribution in [2.45, 2.75) is 24.9 Å². The zero-order valence-electron chi connectivity index (χ0n) is 8.06. The third-order valence-corrected chi connectivity index (χ3v) is 2.74. The minimum absolute atomic E-state index is 0.200. The molecule has 2 rings (SSSR count). The predicted molar refractivity (Wildman–Crippen MR) is 54.2 cm³/mol. The second-order valence-corrected chi connectivity index (χ2v) is 3.68. The van der Waals surface area contributed by atoms with E-state index in [0.29, 0.717) is 12.5 Å². The van der Waals surface area contributed by atoms with Gasteiger partial charge in [0.05, 0.1) is 0 Å². The van der Waals surface area contributed by atoms with Gasteiger partial charge in [-0.25, -0.2) is 0 Å². The monoisotopic (exact) mass is 190 g/mol. The number of ether oxygens (including phenoxy) is 1. The first-order valence-corrected chi connectivity index (χ1v) is 5.02. The van der Waals surface area contributed by atoms with E-state index in [2.05, 4.69) is 12.1 Å². The Morgan fingerprint density at radius 2 is 2.07 bits per heavy atom. The summed E-state index contributed by atoms with van der Waals surface area (Å²) in [7, 11) is 0. The topological polar surface area (TPSA) is 26.3 Å². The van der Waals surface area contributed by atoms with Crippen LogP contribution in [0.4, 0.5) is 0 Å². The minimum atomic E-state index is -0.200. The van der Waals surface area contributed by atoms with Gasteiger partial charge in [0.1, 0.15) is 12.4 Å². The van der Waals surface area contributed by atoms with E-state index in [1.54, 1.807) is 0 Å². The highest BCUT2D eigenvalue weighted by molar-refractivity contribution is 5.56. The average Bonchev–Trinajstić information content (AvgIpc) is 2.30. The molecule has 0 aromatic heterocycles. The summed E-state index contributed by atoms with van der Waals surface area (Å²) in [6.45, 7) is 0.697. The van der Waals surface area contributed by atoms with Gasteiger partial charge in [0.25, 0.3) is 0 Å². The largest absolute Gasteiger partial charge is 0.371 e. The van der Waals surface area contributed by atoms with Crippen LogP contribution in [-0.4, -0.2) is 19.0 Å². The summed E-state index contributed by atoms with van der Waals surface area (Å²) in [5.41, 5.74) is 1.32. The van der Waals surface area contributed by atoms with Crippen LogP contribution in [0.5, 0.6) is 0 Å². The van der Waals surface area contributed by atoms with Gasteiger partial charge in [0.15, 0.2) is 0 Å². The SMILES string of the molecule is O=CC1CC(c2ccccc2)CCO1. The van der Waals surface area contributed by atoms with E-state index in [1.165, 1.54) is 5.56 Å². The summed E-state index contributed by atoms with van der Waals surface area (Å²) >= 11 is 0. The molecule has 0 amide bonds. The molecule has 1 aliphatic rings. The van der Waals surface area contributed by atoms with E-state index in [9.17, 15) is 4.79 Å². The van der Waals surface area contributed by atoms with Crippen LogP contribution >= 0.6 is 0 Å².